The van der Waals surface area contributed by atoms with Crippen LogP contribution < -0.4 is 14.2 Å². The van der Waals surface area contributed by atoms with Crippen LogP contribution >= 0.6 is 0 Å². The normalized spacial score (nSPS) is 17.4. The lowest BCUT2D eigenvalue weighted by Gasteiger charge is -2.40. The van der Waals surface area contributed by atoms with Gasteiger partial charge in [-0.05, 0) is 56.0 Å². The molecule has 0 fully saturated rings. The van der Waals surface area contributed by atoms with Crippen molar-refractivity contribution in [2.24, 2.45) is 0 Å². The Hall–Kier alpha value is -3.15. The molecule has 5 rings (SSSR count). The summed E-state index contributed by atoms with van der Waals surface area (Å²) in [6.45, 7) is 3.61. The van der Waals surface area contributed by atoms with E-state index in [1.54, 1.807) is 33.5 Å². The van der Waals surface area contributed by atoms with Crippen molar-refractivity contribution in [3.05, 3.63) is 52.7 Å². The molecule has 1 aliphatic heterocycles. The summed E-state index contributed by atoms with van der Waals surface area (Å²) in [5.74, 6) is 1.39. The molecule has 0 radical (unpaired) electrons. The van der Waals surface area contributed by atoms with E-state index in [0.29, 0.717) is 29.4 Å². The highest BCUT2D eigenvalue weighted by Crippen LogP contribution is 2.45. The van der Waals surface area contributed by atoms with Crippen molar-refractivity contribution in [1.82, 2.24) is 9.47 Å². The Morgan fingerprint density at radius 3 is 2.55 bits per heavy atom. The molecule has 1 aliphatic carbocycles. The van der Waals surface area contributed by atoms with Crippen LogP contribution in [0.3, 0.4) is 0 Å². The lowest BCUT2D eigenvalue weighted by Crippen LogP contribution is -2.43. The van der Waals surface area contributed by atoms with Crippen LogP contribution in [0.5, 0.6) is 17.2 Å². The van der Waals surface area contributed by atoms with Gasteiger partial charge in [0.2, 0.25) is 5.75 Å². The topological polar surface area (TPSA) is 52.9 Å². The average Bonchev–Trinajstić information content (AvgIpc) is 3.12. The molecule has 2 aromatic carbocycles. The number of aromatic nitrogens is 1. The number of nitrogens with zero attached hydrogens (tertiary/aromatic N) is 2. The van der Waals surface area contributed by atoms with Gasteiger partial charge in [-0.1, -0.05) is 11.6 Å². The summed E-state index contributed by atoms with van der Waals surface area (Å²) in [6, 6.07) is 10.3. The Kier molecular flexibility index (Phi) is 4.80. The molecule has 0 saturated carbocycles. The predicted octanol–water partition coefficient (Wildman–Crippen LogP) is 4.51. The van der Waals surface area contributed by atoms with E-state index in [0.717, 1.165) is 25.8 Å². The van der Waals surface area contributed by atoms with Gasteiger partial charge >= 0.3 is 0 Å². The molecule has 0 saturated heterocycles. The summed E-state index contributed by atoms with van der Waals surface area (Å²) in [7, 11) is 4.69. The minimum absolute atomic E-state index is 0.0247. The lowest BCUT2D eigenvalue weighted by atomic mass is 9.89. The number of hydrogen-bond donors (Lipinski definition) is 0. The van der Waals surface area contributed by atoms with Gasteiger partial charge in [-0.25, -0.2) is 0 Å². The Morgan fingerprint density at radius 2 is 1.81 bits per heavy atom. The zero-order chi connectivity index (χ0) is 21.7. The van der Waals surface area contributed by atoms with Crippen molar-refractivity contribution in [2.45, 2.75) is 38.8 Å². The lowest BCUT2D eigenvalue weighted by molar-refractivity contribution is 0.0597. The molecule has 31 heavy (non-hydrogen) atoms. The van der Waals surface area contributed by atoms with E-state index in [9.17, 15) is 4.79 Å². The first-order valence-electron chi connectivity index (χ1n) is 10.8. The molecule has 0 unspecified atom stereocenters. The molecular weight excluding hydrogens is 392 g/mol. The minimum Gasteiger partial charge on any atom is -0.493 e. The number of ether oxygens (including phenoxy) is 3. The van der Waals surface area contributed by atoms with Gasteiger partial charge in [0.1, 0.15) is 0 Å². The van der Waals surface area contributed by atoms with Crippen molar-refractivity contribution in [1.29, 1.82) is 0 Å². The summed E-state index contributed by atoms with van der Waals surface area (Å²) >= 11 is 0. The molecular formula is C25H28N2O4. The maximum absolute atomic E-state index is 13.8. The fourth-order valence-electron chi connectivity index (χ4n) is 5.39. The standard InChI is InChI=1S/C25H28N2O4/c1-15-8-10-19-18(14-15)16-6-5-7-20-22(16)26(19)12-13-27(20)25(28)17-9-11-21(29-2)24(31-4)23(17)30-3/h8-11,14,20H,5-7,12-13H2,1-4H3/t20-/m0/s1. The first kappa shape index (κ1) is 19.8. The molecule has 2 aliphatic rings. The largest absolute Gasteiger partial charge is 0.493 e. The predicted molar refractivity (Wildman–Crippen MR) is 119 cm³/mol. The maximum Gasteiger partial charge on any atom is 0.258 e. The van der Waals surface area contributed by atoms with Gasteiger partial charge in [0.25, 0.3) is 5.91 Å². The second-order valence-electron chi connectivity index (χ2n) is 8.32. The number of benzene rings is 2. The molecule has 162 valence electrons. The molecule has 1 atom stereocenters. The van der Waals surface area contributed by atoms with E-state index in [-0.39, 0.29) is 11.9 Å². The number of carbonyl (C=O) groups excluding carboxylic acids is 1. The third kappa shape index (κ3) is 2.88. The molecule has 2 heterocycles. The van der Waals surface area contributed by atoms with Crippen LogP contribution in [-0.2, 0) is 13.0 Å². The van der Waals surface area contributed by atoms with Gasteiger partial charge in [0, 0.05) is 29.7 Å². The third-order valence-electron chi connectivity index (χ3n) is 6.72. The number of aryl methyl sites for hydroxylation is 2. The zero-order valence-corrected chi connectivity index (χ0v) is 18.5. The van der Waals surface area contributed by atoms with E-state index >= 15 is 0 Å². The number of rotatable bonds is 4. The number of fused-ring (bicyclic) bond motifs is 3. The van der Waals surface area contributed by atoms with Crippen molar-refractivity contribution < 1.29 is 19.0 Å². The second kappa shape index (κ2) is 7.52. The van der Waals surface area contributed by atoms with Gasteiger partial charge < -0.3 is 23.7 Å². The molecule has 1 aromatic heterocycles. The average molecular weight is 421 g/mol. The van der Waals surface area contributed by atoms with E-state index in [2.05, 4.69) is 29.7 Å². The molecule has 0 bridgehead atoms. The van der Waals surface area contributed by atoms with Gasteiger partial charge in [-0.2, -0.15) is 0 Å². The Labute approximate surface area is 182 Å². The van der Waals surface area contributed by atoms with E-state index in [1.165, 1.54) is 27.7 Å². The Balaban J connectivity index is 1.60. The first-order valence-corrected chi connectivity index (χ1v) is 10.8. The molecule has 3 aromatic rings. The third-order valence-corrected chi connectivity index (χ3v) is 6.72. The van der Waals surface area contributed by atoms with Gasteiger partial charge in [0.05, 0.1) is 32.9 Å². The summed E-state index contributed by atoms with van der Waals surface area (Å²) in [4.78, 5) is 15.8. The van der Waals surface area contributed by atoms with Crippen molar-refractivity contribution in [3.8, 4) is 17.2 Å². The smallest absolute Gasteiger partial charge is 0.258 e. The Morgan fingerprint density at radius 1 is 1.00 bits per heavy atom. The van der Waals surface area contributed by atoms with Gasteiger partial charge in [0.15, 0.2) is 11.5 Å². The van der Waals surface area contributed by atoms with Crippen molar-refractivity contribution in [2.75, 3.05) is 27.9 Å². The molecule has 0 spiro atoms. The summed E-state index contributed by atoms with van der Waals surface area (Å²) < 4.78 is 18.9. The monoisotopic (exact) mass is 420 g/mol. The number of methoxy groups -OCH3 is 3. The van der Waals surface area contributed by atoms with Crippen LogP contribution in [0.4, 0.5) is 0 Å². The van der Waals surface area contributed by atoms with Crippen molar-refractivity contribution in [3.63, 3.8) is 0 Å². The minimum atomic E-state index is -0.0247. The second-order valence-corrected chi connectivity index (χ2v) is 8.32. The molecule has 6 nitrogen and oxygen atoms in total. The van der Waals surface area contributed by atoms with E-state index in [4.69, 9.17) is 14.2 Å². The van der Waals surface area contributed by atoms with Crippen LogP contribution in [0.15, 0.2) is 30.3 Å². The fraction of sp³-hybridized carbons (Fsp3) is 0.400. The van der Waals surface area contributed by atoms with Crippen LogP contribution in [-0.4, -0.2) is 43.2 Å². The maximum atomic E-state index is 13.8. The highest BCUT2D eigenvalue weighted by atomic mass is 16.5. The SMILES string of the molecule is COc1ccc(C(=O)N2CCn3c4c(c5cc(C)ccc53)CCC[C@@H]42)c(OC)c1OC. The fourth-order valence-corrected chi connectivity index (χ4v) is 5.39. The highest BCUT2D eigenvalue weighted by molar-refractivity contribution is 5.99. The van der Waals surface area contributed by atoms with Crippen LogP contribution in [0.25, 0.3) is 10.9 Å². The van der Waals surface area contributed by atoms with Crippen LogP contribution in [0, 0.1) is 6.92 Å². The molecule has 1 amide bonds. The Bertz CT molecular complexity index is 1180. The highest BCUT2D eigenvalue weighted by Gasteiger charge is 2.38. The van der Waals surface area contributed by atoms with Crippen LogP contribution in [0.2, 0.25) is 0 Å². The van der Waals surface area contributed by atoms with Gasteiger partial charge in [-0.15, -0.1) is 0 Å². The summed E-state index contributed by atoms with van der Waals surface area (Å²) in [6.07, 6.45) is 3.13. The van der Waals surface area contributed by atoms with E-state index in [1.807, 2.05) is 4.90 Å². The zero-order valence-electron chi connectivity index (χ0n) is 18.5. The van der Waals surface area contributed by atoms with Crippen LogP contribution in [0.1, 0.15) is 46.1 Å². The number of hydrogen-bond acceptors (Lipinski definition) is 4. The van der Waals surface area contributed by atoms with E-state index < -0.39 is 0 Å². The molecule has 6 heteroatoms. The summed E-state index contributed by atoms with van der Waals surface area (Å²) in [5.41, 5.74) is 5.79. The van der Waals surface area contributed by atoms with Gasteiger partial charge in [-0.3, -0.25) is 4.79 Å². The first-order chi connectivity index (χ1) is 15.1. The quantitative estimate of drug-likeness (QED) is 0.623. The number of carbonyl (C=O) groups is 1. The molecule has 0 N–H and O–H groups in total. The van der Waals surface area contributed by atoms with Crippen molar-refractivity contribution >= 4 is 16.8 Å². The summed E-state index contributed by atoms with van der Waals surface area (Å²) in [5, 5.41) is 1.35. The number of amides is 1.